The number of rotatable bonds is 2. The van der Waals surface area contributed by atoms with E-state index in [1.807, 2.05) is 0 Å². The molecular formula is C12H22N2. The lowest BCUT2D eigenvalue weighted by molar-refractivity contribution is 0.0576. The van der Waals surface area contributed by atoms with E-state index in [1.54, 1.807) is 0 Å². The summed E-state index contributed by atoms with van der Waals surface area (Å²) in [7, 11) is 0. The molecule has 0 radical (unpaired) electrons. The number of piperidine rings is 1. The van der Waals surface area contributed by atoms with Crippen molar-refractivity contribution in [2.75, 3.05) is 6.54 Å². The fourth-order valence-electron chi connectivity index (χ4n) is 2.57. The maximum atomic E-state index is 9.08. The molecule has 0 saturated carbocycles. The summed E-state index contributed by atoms with van der Waals surface area (Å²) in [6.07, 6.45) is 2.25. The van der Waals surface area contributed by atoms with Crippen molar-refractivity contribution in [3.8, 4) is 6.07 Å². The molecule has 0 aromatic carbocycles. The van der Waals surface area contributed by atoms with Gasteiger partial charge in [0, 0.05) is 12.6 Å². The summed E-state index contributed by atoms with van der Waals surface area (Å²) in [6.45, 7) is 10.1. The zero-order valence-corrected chi connectivity index (χ0v) is 9.83. The Morgan fingerprint density at radius 2 is 2.07 bits per heavy atom. The summed E-state index contributed by atoms with van der Waals surface area (Å²) in [5, 5.41) is 9.08. The maximum Gasteiger partial charge on any atom is 0.0977 e. The van der Waals surface area contributed by atoms with Gasteiger partial charge in [0.25, 0.3) is 0 Å². The summed E-state index contributed by atoms with van der Waals surface area (Å²) in [5.41, 5.74) is 0. The van der Waals surface area contributed by atoms with Crippen LogP contribution in [0.15, 0.2) is 0 Å². The Balaban J connectivity index is 2.70. The molecule has 0 N–H and O–H groups in total. The fraction of sp³-hybridized carbons (Fsp3) is 0.917. The molecule has 80 valence electrons. The van der Waals surface area contributed by atoms with Crippen molar-refractivity contribution in [2.45, 2.75) is 52.6 Å². The van der Waals surface area contributed by atoms with Crippen LogP contribution < -0.4 is 0 Å². The van der Waals surface area contributed by atoms with Crippen LogP contribution in [-0.4, -0.2) is 23.5 Å². The first-order chi connectivity index (χ1) is 6.60. The Hall–Kier alpha value is -0.550. The average Bonchev–Trinajstić information content (AvgIpc) is 2.15. The smallest absolute Gasteiger partial charge is 0.0977 e. The maximum absolute atomic E-state index is 9.08. The molecule has 1 rings (SSSR count). The van der Waals surface area contributed by atoms with Crippen LogP contribution in [0, 0.1) is 23.2 Å². The fourth-order valence-corrected chi connectivity index (χ4v) is 2.57. The molecule has 4 atom stereocenters. The van der Waals surface area contributed by atoms with Crippen LogP contribution in [0.25, 0.3) is 0 Å². The summed E-state index contributed by atoms with van der Waals surface area (Å²) in [6, 6.07) is 3.10. The predicted octanol–water partition coefficient (Wildman–Crippen LogP) is 2.65. The Morgan fingerprint density at radius 3 is 2.57 bits per heavy atom. The van der Waals surface area contributed by atoms with Gasteiger partial charge in [0.15, 0.2) is 0 Å². The number of nitriles is 1. The Kier molecular flexibility index (Phi) is 3.95. The van der Waals surface area contributed by atoms with Crippen molar-refractivity contribution in [3.63, 3.8) is 0 Å². The second kappa shape index (κ2) is 4.79. The van der Waals surface area contributed by atoms with E-state index in [2.05, 4.69) is 38.7 Å². The first-order valence-corrected chi connectivity index (χ1v) is 5.75. The number of nitrogens with zero attached hydrogens (tertiary/aromatic N) is 2. The lowest BCUT2D eigenvalue weighted by Gasteiger charge is -2.43. The second-order valence-corrected chi connectivity index (χ2v) is 4.81. The van der Waals surface area contributed by atoms with E-state index in [0.717, 1.165) is 24.8 Å². The number of likely N-dealkylation sites (tertiary alicyclic amines) is 1. The van der Waals surface area contributed by atoms with E-state index in [4.69, 9.17) is 5.26 Å². The quantitative estimate of drug-likeness (QED) is 0.675. The van der Waals surface area contributed by atoms with E-state index in [1.165, 1.54) is 6.42 Å². The standard InChI is InChI=1S/C12H22N2/c1-5-12(7-13)14-8-9(2)6-10(3)11(14)4/h9-12H,5-6,8H2,1-4H3. The minimum Gasteiger partial charge on any atom is -0.285 e. The van der Waals surface area contributed by atoms with Crippen LogP contribution in [0.4, 0.5) is 0 Å². The SMILES string of the molecule is CCC(C#N)N1CC(C)CC(C)C1C. The number of hydrogen-bond acceptors (Lipinski definition) is 2. The Labute approximate surface area is 87.9 Å². The molecule has 14 heavy (non-hydrogen) atoms. The Morgan fingerprint density at radius 1 is 1.43 bits per heavy atom. The highest BCUT2D eigenvalue weighted by Gasteiger charge is 2.32. The molecule has 0 spiro atoms. The largest absolute Gasteiger partial charge is 0.285 e. The third-order valence-electron chi connectivity index (χ3n) is 3.58. The van der Waals surface area contributed by atoms with Gasteiger partial charge < -0.3 is 0 Å². The molecule has 1 heterocycles. The van der Waals surface area contributed by atoms with E-state index in [9.17, 15) is 0 Å². The van der Waals surface area contributed by atoms with Gasteiger partial charge in [-0.1, -0.05) is 20.8 Å². The van der Waals surface area contributed by atoms with Crippen LogP contribution in [0.1, 0.15) is 40.5 Å². The minimum absolute atomic E-state index is 0.121. The molecule has 1 fully saturated rings. The molecule has 4 unspecified atom stereocenters. The van der Waals surface area contributed by atoms with E-state index < -0.39 is 0 Å². The first kappa shape index (κ1) is 11.5. The minimum atomic E-state index is 0.121. The molecule has 0 aromatic rings. The molecule has 1 aliphatic rings. The molecule has 0 aromatic heterocycles. The molecule has 1 aliphatic heterocycles. The van der Waals surface area contributed by atoms with Gasteiger partial charge in [-0.05, 0) is 31.6 Å². The third-order valence-corrected chi connectivity index (χ3v) is 3.58. The monoisotopic (exact) mass is 194 g/mol. The van der Waals surface area contributed by atoms with Crippen LogP contribution in [0.2, 0.25) is 0 Å². The van der Waals surface area contributed by atoms with Gasteiger partial charge >= 0.3 is 0 Å². The van der Waals surface area contributed by atoms with E-state index >= 15 is 0 Å². The van der Waals surface area contributed by atoms with Crippen LogP contribution in [0.3, 0.4) is 0 Å². The van der Waals surface area contributed by atoms with E-state index in [-0.39, 0.29) is 6.04 Å². The predicted molar refractivity (Wildman–Crippen MR) is 58.8 cm³/mol. The first-order valence-electron chi connectivity index (χ1n) is 5.75. The second-order valence-electron chi connectivity index (χ2n) is 4.81. The van der Waals surface area contributed by atoms with Crippen molar-refractivity contribution < 1.29 is 0 Å². The molecule has 1 saturated heterocycles. The normalized spacial score (nSPS) is 36.4. The van der Waals surface area contributed by atoms with Crippen molar-refractivity contribution in [2.24, 2.45) is 11.8 Å². The Bertz CT molecular complexity index is 219. The van der Waals surface area contributed by atoms with Gasteiger partial charge in [-0.3, -0.25) is 4.90 Å². The highest BCUT2D eigenvalue weighted by Crippen LogP contribution is 2.28. The topological polar surface area (TPSA) is 27.0 Å². The van der Waals surface area contributed by atoms with Gasteiger partial charge in [0.05, 0.1) is 12.1 Å². The lowest BCUT2D eigenvalue weighted by atomic mass is 9.85. The van der Waals surface area contributed by atoms with Crippen molar-refractivity contribution in [1.29, 1.82) is 5.26 Å². The van der Waals surface area contributed by atoms with Crippen molar-refractivity contribution in [3.05, 3.63) is 0 Å². The lowest BCUT2D eigenvalue weighted by Crippen LogP contribution is -2.50. The summed E-state index contributed by atoms with van der Waals surface area (Å²) in [5.74, 6) is 1.46. The summed E-state index contributed by atoms with van der Waals surface area (Å²) >= 11 is 0. The van der Waals surface area contributed by atoms with Gasteiger partial charge in [0.2, 0.25) is 0 Å². The highest BCUT2D eigenvalue weighted by atomic mass is 15.2. The van der Waals surface area contributed by atoms with Gasteiger partial charge in [-0.15, -0.1) is 0 Å². The van der Waals surface area contributed by atoms with Gasteiger partial charge in [-0.25, -0.2) is 0 Å². The summed E-state index contributed by atoms with van der Waals surface area (Å²) in [4.78, 5) is 2.39. The van der Waals surface area contributed by atoms with Gasteiger partial charge in [0.1, 0.15) is 0 Å². The van der Waals surface area contributed by atoms with Gasteiger partial charge in [-0.2, -0.15) is 5.26 Å². The summed E-state index contributed by atoms with van der Waals surface area (Å²) < 4.78 is 0. The van der Waals surface area contributed by atoms with Crippen LogP contribution in [-0.2, 0) is 0 Å². The molecule has 2 nitrogen and oxygen atoms in total. The average molecular weight is 194 g/mol. The third kappa shape index (κ3) is 2.27. The molecule has 0 bridgehead atoms. The zero-order chi connectivity index (χ0) is 10.7. The van der Waals surface area contributed by atoms with Crippen LogP contribution >= 0.6 is 0 Å². The van der Waals surface area contributed by atoms with Crippen molar-refractivity contribution >= 4 is 0 Å². The zero-order valence-electron chi connectivity index (χ0n) is 9.83. The van der Waals surface area contributed by atoms with Crippen LogP contribution in [0.5, 0.6) is 0 Å². The molecule has 2 heteroatoms. The van der Waals surface area contributed by atoms with Crippen molar-refractivity contribution in [1.82, 2.24) is 4.90 Å². The molecular weight excluding hydrogens is 172 g/mol. The highest BCUT2D eigenvalue weighted by molar-refractivity contribution is 4.96. The molecule has 0 aliphatic carbocycles. The number of hydrogen-bond donors (Lipinski definition) is 0. The van der Waals surface area contributed by atoms with E-state index in [0.29, 0.717) is 6.04 Å². The molecule has 0 amide bonds.